The minimum absolute atomic E-state index is 0.0250. The topological polar surface area (TPSA) is 95.5 Å². The quantitative estimate of drug-likeness (QED) is 0.687. The monoisotopic (exact) mass is 312 g/mol. The normalized spacial score (nSPS) is 11.7. The van der Waals surface area contributed by atoms with Crippen LogP contribution in [0.4, 0.5) is 4.79 Å². The van der Waals surface area contributed by atoms with E-state index < -0.39 is 17.9 Å². The average molecular weight is 312 g/mol. The number of carbonyl (C=O) groups excluding carboxylic acids is 2. The van der Waals surface area contributed by atoms with Crippen LogP contribution in [-0.2, 0) is 9.59 Å². The summed E-state index contributed by atoms with van der Waals surface area (Å²) in [7, 11) is 0. The van der Waals surface area contributed by atoms with Gasteiger partial charge in [-0.25, -0.2) is 4.79 Å². The van der Waals surface area contributed by atoms with E-state index in [1.807, 2.05) is 24.4 Å². The SMILES string of the molecule is CCCC(NC(=O)NC(=O)CCCC(=O)O)c1cccs1. The Labute approximate surface area is 127 Å². The summed E-state index contributed by atoms with van der Waals surface area (Å²) < 4.78 is 0. The summed E-state index contributed by atoms with van der Waals surface area (Å²) in [6.07, 6.45) is 1.87. The maximum absolute atomic E-state index is 11.8. The van der Waals surface area contributed by atoms with Gasteiger partial charge in [-0.2, -0.15) is 0 Å². The van der Waals surface area contributed by atoms with Gasteiger partial charge in [0.05, 0.1) is 6.04 Å². The first-order valence-electron chi connectivity index (χ1n) is 6.88. The second-order valence-electron chi connectivity index (χ2n) is 4.63. The highest BCUT2D eigenvalue weighted by molar-refractivity contribution is 7.10. The van der Waals surface area contributed by atoms with Gasteiger partial charge in [-0.1, -0.05) is 19.4 Å². The fourth-order valence-corrected chi connectivity index (χ4v) is 2.66. The van der Waals surface area contributed by atoms with Gasteiger partial charge in [-0.15, -0.1) is 11.3 Å². The zero-order chi connectivity index (χ0) is 15.7. The number of thiophene rings is 1. The van der Waals surface area contributed by atoms with Gasteiger partial charge in [-0.3, -0.25) is 14.9 Å². The number of imide groups is 1. The Morgan fingerprint density at radius 3 is 2.67 bits per heavy atom. The summed E-state index contributed by atoms with van der Waals surface area (Å²) >= 11 is 1.56. The Bertz CT molecular complexity index is 473. The number of rotatable bonds is 8. The van der Waals surface area contributed by atoms with E-state index in [-0.39, 0.29) is 25.3 Å². The van der Waals surface area contributed by atoms with Crippen molar-refractivity contribution in [3.8, 4) is 0 Å². The van der Waals surface area contributed by atoms with Crippen molar-refractivity contribution in [3.63, 3.8) is 0 Å². The van der Waals surface area contributed by atoms with Gasteiger partial charge in [0.1, 0.15) is 0 Å². The second-order valence-corrected chi connectivity index (χ2v) is 5.60. The highest BCUT2D eigenvalue weighted by Gasteiger charge is 2.16. The number of amides is 3. The molecule has 1 rings (SSSR count). The number of carboxylic acid groups (broad SMARTS) is 1. The predicted octanol–water partition coefficient (Wildman–Crippen LogP) is 2.67. The molecule has 7 heteroatoms. The van der Waals surface area contributed by atoms with E-state index in [9.17, 15) is 14.4 Å². The van der Waals surface area contributed by atoms with Gasteiger partial charge in [0.2, 0.25) is 5.91 Å². The van der Waals surface area contributed by atoms with Crippen molar-refractivity contribution < 1.29 is 19.5 Å². The van der Waals surface area contributed by atoms with Crippen molar-refractivity contribution in [3.05, 3.63) is 22.4 Å². The highest BCUT2D eigenvalue weighted by Crippen LogP contribution is 2.22. The van der Waals surface area contributed by atoms with Crippen LogP contribution in [0.25, 0.3) is 0 Å². The highest BCUT2D eigenvalue weighted by atomic mass is 32.1. The fourth-order valence-electron chi connectivity index (χ4n) is 1.85. The van der Waals surface area contributed by atoms with Crippen molar-refractivity contribution in [2.24, 2.45) is 0 Å². The Morgan fingerprint density at radius 2 is 2.10 bits per heavy atom. The van der Waals surface area contributed by atoms with Crippen LogP contribution in [-0.4, -0.2) is 23.0 Å². The molecule has 0 fully saturated rings. The molecule has 21 heavy (non-hydrogen) atoms. The Morgan fingerprint density at radius 1 is 1.33 bits per heavy atom. The van der Waals surface area contributed by atoms with E-state index in [2.05, 4.69) is 10.6 Å². The molecule has 6 nitrogen and oxygen atoms in total. The first-order valence-corrected chi connectivity index (χ1v) is 7.76. The summed E-state index contributed by atoms with van der Waals surface area (Å²) in [5.74, 6) is -1.41. The Balaban J connectivity index is 2.40. The molecule has 0 saturated carbocycles. The van der Waals surface area contributed by atoms with Crippen molar-refractivity contribution in [2.75, 3.05) is 0 Å². The van der Waals surface area contributed by atoms with Gasteiger partial charge in [0, 0.05) is 17.7 Å². The van der Waals surface area contributed by atoms with Gasteiger partial charge >= 0.3 is 12.0 Å². The lowest BCUT2D eigenvalue weighted by atomic mass is 10.1. The van der Waals surface area contributed by atoms with Crippen LogP contribution in [0.2, 0.25) is 0 Å². The van der Waals surface area contributed by atoms with Crippen LogP contribution in [0.1, 0.15) is 49.9 Å². The molecular weight excluding hydrogens is 292 g/mol. The molecule has 0 spiro atoms. The van der Waals surface area contributed by atoms with Crippen LogP contribution in [0.15, 0.2) is 17.5 Å². The number of aliphatic carboxylic acids is 1. The van der Waals surface area contributed by atoms with E-state index in [0.29, 0.717) is 0 Å². The summed E-state index contributed by atoms with van der Waals surface area (Å²) in [5.41, 5.74) is 0. The third-order valence-electron chi connectivity index (χ3n) is 2.82. The lowest BCUT2D eigenvalue weighted by molar-refractivity contribution is -0.137. The molecule has 0 aromatic carbocycles. The van der Waals surface area contributed by atoms with Crippen LogP contribution in [0.3, 0.4) is 0 Å². The lowest BCUT2D eigenvalue weighted by Crippen LogP contribution is -2.41. The van der Waals surface area contributed by atoms with Crippen molar-refractivity contribution in [2.45, 2.75) is 45.1 Å². The molecule has 1 unspecified atom stereocenters. The first-order chi connectivity index (χ1) is 10.0. The Kier molecular flexibility index (Phi) is 7.45. The lowest BCUT2D eigenvalue weighted by Gasteiger charge is -2.16. The molecule has 1 heterocycles. The van der Waals surface area contributed by atoms with E-state index >= 15 is 0 Å². The molecule has 0 bridgehead atoms. The van der Waals surface area contributed by atoms with Crippen molar-refractivity contribution in [1.29, 1.82) is 0 Å². The van der Waals surface area contributed by atoms with Gasteiger partial charge in [0.15, 0.2) is 0 Å². The minimum atomic E-state index is -0.951. The summed E-state index contributed by atoms with van der Waals surface area (Å²) in [6, 6.07) is 3.21. The molecule has 0 saturated heterocycles. The third kappa shape index (κ3) is 6.89. The molecule has 1 aromatic rings. The van der Waals surface area contributed by atoms with Crippen LogP contribution >= 0.6 is 11.3 Å². The molecule has 0 aliphatic carbocycles. The van der Waals surface area contributed by atoms with Crippen LogP contribution in [0, 0.1) is 0 Å². The van der Waals surface area contributed by atoms with Gasteiger partial charge < -0.3 is 10.4 Å². The maximum atomic E-state index is 11.8. The number of nitrogens with one attached hydrogen (secondary N) is 2. The number of carboxylic acids is 1. The molecular formula is C14H20N2O4S. The molecule has 1 aromatic heterocycles. The summed E-state index contributed by atoms with van der Waals surface area (Å²) in [5, 5.41) is 15.4. The minimum Gasteiger partial charge on any atom is -0.481 e. The van der Waals surface area contributed by atoms with Crippen molar-refractivity contribution in [1.82, 2.24) is 10.6 Å². The summed E-state index contributed by atoms with van der Waals surface area (Å²) in [4.78, 5) is 34.7. The van der Waals surface area contributed by atoms with E-state index in [0.717, 1.165) is 17.7 Å². The average Bonchev–Trinajstić information content (AvgIpc) is 2.91. The summed E-state index contributed by atoms with van der Waals surface area (Å²) in [6.45, 7) is 2.03. The van der Waals surface area contributed by atoms with Crippen LogP contribution < -0.4 is 10.6 Å². The third-order valence-corrected chi connectivity index (χ3v) is 3.80. The zero-order valence-electron chi connectivity index (χ0n) is 11.9. The molecule has 3 amide bonds. The van der Waals surface area contributed by atoms with Gasteiger partial charge in [0.25, 0.3) is 0 Å². The van der Waals surface area contributed by atoms with Crippen molar-refractivity contribution >= 4 is 29.2 Å². The molecule has 3 N–H and O–H groups in total. The fraction of sp³-hybridized carbons (Fsp3) is 0.500. The largest absolute Gasteiger partial charge is 0.481 e. The maximum Gasteiger partial charge on any atom is 0.321 e. The number of carbonyl (C=O) groups is 3. The number of hydrogen-bond acceptors (Lipinski definition) is 4. The smallest absolute Gasteiger partial charge is 0.321 e. The Hall–Kier alpha value is -1.89. The zero-order valence-corrected chi connectivity index (χ0v) is 12.7. The standard InChI is InChI=1S/C14H20N2O4S/c1-2-5-10(11-6-4-9-21-11)15-14(20)16-12(17)7-3-8-13(18)19/h4,6,9-10H,2-3,5,7-8H2,1H3,(H,18,19)(H2,15,16,17,20). The number of hydrogen-bond donors (Lipinski definition) is 3. The van der Waals surface area contributed by atoms with E-state index in [1.54, 1.807) is 11.3 Å². The van der Waals surface area contributed by atoms with Gasteiger partial charge in [-0.05, 0) is 24.3 Å². The van der Waals surface area contributed by atoms with Crippen LogP contribution in [0.5, 0.6) is 0 Å². The first kappa shape index (κ1) is 17.2. The second kappa shape index (κ2) is 9.12. The molecule has 0 aliphatic rings. The molecule has 1 atom stereocenters. The molecule has 116 valence electrons. The number of urea groups is 1. The molecule has 0 aliphatic heterocycles. The molecule has 0 radical (unpaired) electrons. The van der Waals surface area contributed by atoms with E-state index in [1.165, 1.54) is 0 Å². The van der Waals surface area contributed by atoms with E-state index in [4.69, 9.17) is 5.11 Å². The predicted molar refractivity (Wildman–Crippen MR) is 80.1 cm³/mol.